The van der Waals surface area contributed by atoms with Gasteiger partial charge in [0.05, 0.1) is 17.6 Å². The first-order valence-corrected chi connectivity index (χ1v) is 10.00. The molecule has 0 bridgehead atoms. The summed E-state index contributed by atoms with van der Waals surface area (Å²) in [5, 5.41) is 1.34. The third-order valence-electron chi connectivity index (χ3n) is 7.17. The molecule has 0 amide bonds. The standard InChI is InChI=1S/C22H30N2O2/c1-5-22(20(25)26-6-2)13-9-14-24-15-12-17-16-10-7-8-11-18(16)23(4)19(17)21(22,24)3/h7-8,10-11H,5-6,9,12-15H2,1-4H3. The molecule has 4 heteroatoms. The number of rotatable bonds is 3. The van der Waals surface area contributed by atoms with Gasteiger partial charge in [-0.15, -0.1) is 0 Å². The van der Waals surface area contributed by atoms with Gasteiger partial charge in [0.15, 0.2) is 0 Å². The molecule has 3 heterocycles. The number of carbonyl (C=O) groups is 1. The van der Waals surface area contributed by atoms with Crippen LogP contribution in [0.25, 0.3) is 10.9 Å². The topological polar surface area (TPSA) is 34.5 Å². The maximum Gasteiger partial charge on any atom is 0.314 e. The maximum atomic E-state index is 13.3. The van der Waals surface area contributed by atoms with Crippen molar-refractivity contribution in [3.05, 3.63) is 35.5 Å². The zero-order valence-electron chi connectivity index (χ0n) is 16.5. The fourth-order valence-electron chi connectivity index (χ4n) is 5.88. The van der Waals surface area contributed by atoms with E-state index in [9.17, 15) is 4.79 Å². The molecule has 2 aliphatic rings. The van der Waals surface area contributed by atoms with Gasteiger partial charge in [0.1, 0.15) is 0 Å². The van der Waals surface area contributed by atoms with Crippen LogP contribution in [0.5, 0.6) is 0 Å². The first kappa shape index (κ1) is 17.6. The van der Waals surface area contributed by atoms with Gasteiger partial charge in [0, 0.05) is 30.2 Å². The second-order valence-corrected chi connectivity index (χ2v) is 7.97. The summed E-state index contributed by atoms with van der Waals surface area (Å²) in [5.74, 6) is -0.0205. The zero-order chi connectivity index (χ0) is 18.5. The number of piperidine rings is 1. The minimum absolute atomic E-state index is 0.0205. The summed E-state index contributed by atoms with van der Waals surface area (Å²) in [4.78, 5) is 15.8. The van der Waals surface area contributed by atoms with Crippen LogP contribution in [-0.4, -0.2) is 35.1 Å². The lowest BCUT2D eigenvalue weighted by Crippen LogP contribution is -2.65. The van der Waals surface area contributed by atoms with E-state index in [1.165, 1.54) is 22.2 Å². The van der Waals surface area contributed by atoms with Crippen molar-refractivity contribution >= 4 is 16.9 Å². The lowest BCUT2D eigenvalue weighted by Gasteiger charge is -2.58. The van der Waals surface area contributed by atoms with Crippen LogP contribution in [0.2, 0.25) is 0 Å². The summed E-state index contributed by atoms with van der Waals surface area (Å²) >= 11 is 0. The lowest BCUT2D eigenvalue weighted by atomic mass is 9.59. The predicted molar refractivity (Wildman–Crippen MR) is 104 cm³/mol. The van der Waals surface area contributed by atoms with Crippen molar-refractivity contribution in [2.45, 2.75) is 52.0 Å². The van der Waals surface area contributed by atoms with E-state index in [0.29, 0.717) is 6.61 Å². The van der Waals surface area contributed by atoms with E-state index in [2.05, 4.69) is 54.6 Å². The highest BCUT2D eigenvalue weighted by molar-refractivity contribution is 5.88. The Hall–Kier alpha value is -1.81. The van der Waals surface area contributed by atoms with Crippen LogP contribution in [0, 0.1) is 5.41 Å². The third kappa shape index (κ3) is 2.02. The summed E-state index contributed by atoms with van der Waals surface area (Å²) in [6.07, 6.45) is 3.81. The van der Waals surface area contributed by atoms with E-state index in [-0.39, 0.29) is 11.5 Å². The number of nitrogens with zero attached hydrogens (tertiary/aromatic N) is 2. The van der Waals surface area contributed by atoms with Crippen LogP contribution in [0.1, 0.15) is 51.3 Å². The number of aryl methyl sites for hydroxylation is 1. The van der Waals surface area contributed by atoms with Crippen molar-refractivity contribution in [3.8, 4) is 0 Å². The molecule has 2 unspecified atom stereocenters. The summed E-state index contributed by atoms with van der Waals surface area (Å²) in [7, 11) is 2.16. The number of esters is 1. The van der Waals surface area contributed by atoms with E-state index < -0.39 is 5.41 Å². The molecule has 2 aliphatic heterocycles. The first-order chi connectivity index (χ1) is 12.5. The van der Waals surface area contributed by atoms with Crippen molar-refractivity contribution in [1.29, 1.82) is 0 Å². The Morgan fingerprint density at radius 2 is 2.00 bits per heavy atom. The molecule has 140 valence electrons. The molecule has 26 heavy (non-hydrogen) atoms. The average Bonchev–Trinajstić information content (AvgIpc) is 2.95. The third-order valence-corrected chi connectivity index (χ3v) is 7.17. The average molecular weight is 354 g/mol. The SMILES string of the molecule is CCOC(=O)C1(CC)CCCN2CCc3c(n(C)c4ccccc34)C21C. The molecule has 0 N–H and O–H groups in total. The van der Waals surface area contributed by atoms with Gasteiger partial charge in [-0.05, 0) is 57.7 Å². The minimum Gasteiger partial charge on any atom is -0.466 e. The molecule has 1 aromatic carbocycles. The quantitative estimate of drug-likeness (QED) is 0.781. The molecule has 0 saturated carbocycles. The number of para-hydroxylation sites is 1. The highest BCUT2D eigenvalue weighted by Gasteiger charge is 2.61. The molecule has 1 fully saturated rings. The van der Waals surface area contributed by atoms with Crippen LogP contribution in [-0.2, 0) is 28.5 Å². The fraction of sp³-hybridized carbons (Fsp3) is 0.591. The smallest absolute Gasteiger partial charge is 0.314 e. The summed E-state index contributed by atoms with van der Waals surface area (Å²) in [6.45, 7) is 8.87. The Balaban J connectivity index is 2.01. The predicted octanol–water partition coefficient (Wildman–Crippen LogP) is 4.00. The van der Waals surface area contributed by atoms with E-state index >= 15 is 0 Å². The normalized spacial score (nSPS) is 28.6. The van der Waals surface area contributed by atoms with Crippen LogP contribution in [0.15, 0.2) is 24.3 Å². The number of ether oxygens (including phenoxy) is 1. The Kier molecular flexibility index (Phi) is 4.14. The number of aromatic nitrogens is 1. The van der Waals surface area contributed by atoms with Gasteiger partial charge in [-0.3, -0.25) is 9.69 Å². The maximum absolute atomic E-state index is 13.3. The Bertz CT molecular complexity index is 855. The van der Waals surface area contributed by atoms with E-state index in [1.54, 1.807) is 0 Å². The molecular weight excluding hydrogens is 324 g/mol. The second kappa shape index (κ2) is 6.12. The van der Waals surface area contributed by atoms with Gasteiger partial charge in [0.2, 0.25) is 0 Å². The van der Waals surface area contributed by atoms with Gasteiger partial charge in [-0.2, -0.15) is 0 Å². The molecule has 0 spiro atoms. The number of benzene rings is 1. The van der Waals surface area contributed by atoms with Crippen LogP contribution >= 0.6 is 0 Å². The van der Waals surface area contributed by atoms with E-state index in [4.69, 9.17) is 4.74 Å². The summed E-state index contributed by atoms with van der Waals surface area (Å²) in [6, 6.07) is 8.65. The zero-order valence-corrected chi connectivity index (χ0v) is 16.5. The number of hydrogen-bond donors (Lipinski definition) is 0. The minimum atomic E-state index is -0.488. The Labute approximate surface area is 156 Å². The molecule has 4 nitrogen and oxygen atoms in total. The second-order valence-electron chi connectivity index (χ2n) is 7.97. The van der Waals surface area contributed by atoms with Crippen LogP contribution in [0.4, 0.5) is 0 Å². The molecule has 0 aliphatic carbocycles. The van der Waals surface area contributed by atoms with Crippen LogP contribution in [0.3, 0.4) is 0 Å². The molecule has 0 radical (unpaired) electrons. The monoisotopic (exact) mass is 354 g/mol. The lowest BCUT2D eigenvalue weighted by molar-refractivity contribution is -0.177. The molecule has 2 aromatic rings. The van der Waals surface area contributed by atoms with E-state index in [1.807, 2.05) is 6.92 Å². The highest BCUT2D eigenvalue weighted by Crippen LogP contribution is 2.56. The number of carbonyl (C=O) groups excluding carboxylic acids is 1. The number of hydrogen-bond acceptors (Lipinski definition) is 3. The largest absolute Gasteiger partial charge is 0.466 e. The van der Waals surface area contributed by atoms with Crippen molar-refractivity contribution in [3.63, 3.8) is 0 Å². The summed E-state index contributed by atoms with van der Waals surface area (Å²) < 4.78 is 7.98. The van der Waals surface area contributed by atoms with E-state index in [0.717, 1.165) is 38.8 Å². The van der Waals surface area contributed by atoms with Gasteiger partial charge in [-0.25, -0.2) is 0 Å². The van der Waals surface area contributed by atoms with Crippen molar-refractivity contribution in [2.75, 3.05) is 19.7 Å². The van der Waals surface area contributed by atoms with Gasteiger partial charge < -0.3 is 9.30 Å². The van der Waals surface area contributed by atoms with Gasteiger partial charge >= 0.3 is 5.97 Å². The summed E-state index contributed by atoms with van der Waals surface area (Å²) in [5.41, 5.74) is 3.19. The molecule has 4 rings (SSSR count). The van der Waals surface area contributed by atoms with Crippen molar-refractivity contribution in [2.24, 2.45) is 12.5 Å². The first-order valence-electron chi connectivity index (χ1n) is 10.00. The number of fused-ring (bicyclic) bond motifs is 5. The van der Waals surface area contributed by atoms with Crippen molar-refractivity contribution in [1.82, 2.24) is 9.47 Å². The van der Waals surface area contributed by atoms with Gasteiger partial charge in [0.25, 0.3) is 0 Å². The molecule has 2 atom stereocenters. The van der Waals surface area contributed by atoms with Gasteiger partial charge in [-0.1, -0.05) is 25.1 Å². The van der Waals surface area contributed by atoms with Crippen LogP contribution < -0.4 is 0 Å². The molecule has 1 aromatic heterocycles. The highest BCUT2D eigenvalue weighted by atomic mass is 16.5. The van der Waals surface area contributed by atoms with Crippen molar-refractivity contribution < 1.29 is 9.53 Å². The molecule has 1 saturated heterocycles. The fourth-order valence-corrected chi connectivity index (χ4v) is 5.88. The Morgan fingerprint density at radius 1 is 1.23 bits per heavy atom. The Morgan fingerprint density at radius 3 is 2.73 bits per heavy atom. The molecular formula is C22H30N2O2.